The van der Waals surface area contributed by atoms with Crippen molar-refractivity contribution in [2.45, 2.75) is 18.4 Å². The van der Waals surface area contributed by atoms with Gasteiger partial charge in [0.25, 0.3) is 15.9 Å². The molecule has 4 rings (SSSR count). The van der Waals surface area contributed by atoms with Crippen LogP contribution < -0.4 is 23.8 Å². The molecule has 0 radical (unpaired) electrons. The first-order chi connectivity index (χ1) is 15.8. The highest BCUT2D eigenvalue weighted by molar-refractivity contribution is 7.92. The number of benzene rings is 3. The van der Waals surface area contributed by atoms with E-state index in [-0.39, 0.29) is 24.2 Å². The first-order valence-corrected chi connectivity index (χ1v) is 11.7. The molecule has 0 bridgehead atoms. The fourth-order valence-electron chi connectivity index (χ4n) is 3.21. The Hall–Kier alpha value is -3.72. The largest absolute Gasteiger partial charge is 0.484 e. The van der Waals surface area contributed by atoms with E-state index in [9.17, 15) is 13.2 Å². The third kappa shape index (κ3) is 5.20. The molecule has 1 amide bonds. The number of amides is 1. The summed E-state index contributed by atoms with van der Waals surface area (Å²) in [6.45, 7) is 2.27. The van der Waals surface area contributed by atoms with Crippen molar-refractivity contribution in [1.82, 2.24) is 5.32 Å². The first-order valence-electron chi connectivity index (χ1n) is 10.3. The first kappa shape index (κ1) is 22.5. The van der Waals surface area contributed by atoms with Gasteiger partial charge < -0.3 is 19.5 Å². The third-order valence-corrected chi connectivity index (χ3v) is 6.98. The molecule has 0 spiro atoms. The van der Waals surface area contributed by atoms with Gasteiger partial charge in [0.2, 0.25) is 6.79 Å². The minimum atomic E-state index is -3.67. The van der Waals surface area contributed by atoms with E-state index in [4.69, 9.17) is 14.2 Å². The molecule has 172 valence electrons. The van der Waals surface area contributed by atoms with Gasteiger partial charge in [-0.15, -0.1) is 0 Å². The SMILES string of the molecule is Cc1ccc(S(=O)(=O)N(C)c2ccc(OCC(=O)NCc3ccc4c(c3)OCO4)cc2)cc1. The maximum atomic E-state index is 12.8. The van der Waals surface area contributed by atoms with Gasteiger partial charge in [0.05, 0.1) is 10.6 Å². The van der Waals surface area contributed by atoms with E-state index in [1.165, 1.54) is 11.4 Å². The molecule has 0 atom stereocenters. The Morgan fingerprint density at radius 3 is 2.42 bits per heavy atom. The van der Waals surface area contributed by atoms with Crippen molar-refractivity contribution < 1.29 is 27.4 Å². The van der Waals surface area contributed by atoms with Gasteiger partial charge in [-0.05, 0) is 61.0 Å². The van der Waals surface area contributed by atoms with Crippen LogP contribution in [0.4, 0.5) is 5.69 Å². The fourth-order valence-corrected chi connectivity index (χ4v) is 4.41. The molecule has 3 aromatic rings. The lowest BCUT2D eigenvalue weighted by Crippen LogP contribution is -2.28. The number of nitrogens with zero attached hydrogens (tertiary/aromatic N) is 1. The number of ether oxygens (including phenoxy) is 3. The molecular formula is C24H24N2O6S. The predicted octanol–water partition coefficient (Wildman–Crippen LogP) is 3.24. The van der Waals surface area contributed by atoms with E-state index >= 15 is 0 Å². The summed E-state index contributed by atoms with van der Waals surface area (Å²) in [5, 5.41) is 2.78. The van der Waals surface area contributed by atoms with Crippen molar-refractivity contribution in [3.05, 3.63) is 77.9 Å². The molecule has 0 unspecified atom stereocenters. The van der Waals surface area contributed by atoms with Gasteiger partial charge in [0, 0.05) is 13.6 Å². The van der Waals surface area contributed by atoms with Crippen molar-refractivity contribution in [3.8, 4) is 17.2 Å². The summed E-state index contributed by atoms with van der Waals surface area (Å²) >= 11 is 0. The number of carbonyl (C=O) groups excluding carboxylic acids is 1. The molecule has 1 aliphatic heterocycles. The van der Waals surface area contributed by atoms with E-state index in [1.807, 2.05) is 19.1 Å². The van der Waals surface area contributed by atoms with Crippen LogP contribution in [-0.4, -0.2) is 34.8 Å². The van der Waals surface area contributed by atoms with Gasteiger partial charge in [0.1, 0.15) is 5.75 Å². The Morgan fingerprint density at radius 1 is 1.00 bits per heavy atom. The Morgan fingerprint density at radius 2 is 1.70 bits per heavy atom. The van der Waals surface area contributed by atoms with Gasteiger partial charge in [-0.25, -0.2) is 8.42 Å². The Kier molecular flexibility index (Phi) is 6.41. The molecule has 9 heteroatoms. The third-order valence-electron chi connectivity index (χ3n) is 5.18. The fraction of sp³-hybridized carbons (Fsp3) is 0.208. The highest BCUT2D eigenvalue weighted by Gasteiger charge is 2.21. The maximum absolute atomic E-state index is 12.8. The van der Waals surface area contributed by atoms with Gasteiger partial charge in [-0.2, -0.15) is 0 Å². The topological polar surface area (TPSA) is 94.2 Å². The lowest BCUT2D eigenvalue weighted by molar-refractivity contribution is -0.123. The predicted molar refractivity (Wildman–Crippen MR) is 123 cm³/mol. The molecule has 0 aliphatic carbocycles. The highest BCUT2D eigenvalue weighted by Crippen LogP contribution is 2.32. The van der Waals surface area contributed by atoms with Crippen molar-refractivity contribution in [2.75, 3.05) is 24.8 Å². The molecule has 3 aromatic carbocycles. The second-order valence-electron chi connectivity index (χ2n) is 7.53. The molecule has 1 aliphatic rings. The zero-order valence-corrected chi connectivity index (χ0v) is 19.1. The smallest absolute Gasteiger partial charge is 0.264 e. The quantitative estimate of drug-likeness (QED) is 0.546. The Balaban J connectivity index is 1.30. The van der Waals surface area contributed by atoms with Crippen LogP contribution in [0.2, 0.25) is 0 Å². The van der Waals surface area contributed by atoms with Crippen LogP contribution in [0.5, 0.6) is 17.2 Å². The number of hydrogen-bond acceptors (Lipinski definition) is 6. The second-order valence-corrected chi connectivity index (χ2v) is 9.50. The van der Waals surface area contributed by atoms with Crippen molar-refractivity contribution in [2.24, 2.45) is 0 Å². The maximum Gasteiger partial charge on any atom is 0.264 e. The zero-order valence-electron chi connectivity index (χ0n) is 18.3. The van der Waals surface area contributed by atoms with Crippen LogP contribution in [0.25, 0.3) is 0 Å². The molecule has 33 heavy (non-hydrogen) atoms. The van der Waals surface area contributed by atoms with Gasteiger partial charge in [0.15, 0.2) is 18.1 Å². The van der Waals surface area contributed by atoms with Crippen LogP contribution in [0.3, 0.4) is 0 Å². The number of sulfonamides is 1. The van der Waals surface area contributed by atoms with Crippen LogP contribution in [-0.2, 0) is 21.4 Å². The molecule has 0 aromatic heterocycles. The Labute approximate surface area is 192 Å². The molecule has 1 heterocycles. The summed E-state index contributed by atoms with van der Waals surface area (Å²) in [7, 11) is -2.18. The van der Waals surface area contributed by atoms with Crippen molar-refractivity contribution in [3.63, 3.8) is 0 Å². The minimum absolute atomic E-state index is 0.165. The summed E-state index contributed by atoms with van der Waals surface area (Å²) in [6, 6.07) is 18.7. The molecule has 1 N–H and O–H groups in total. The number of carbonyl (C=O) groups is 1. The number of nitrogens with one attached hydrogen (secondary N) is 1. The average molecular weight is 469 g/mol. The summed E-state index contributed by atoms with van der Waals surface area (Å²) in [5.74, 6) is 1.52. The second kappa shape index (κ2) is 9.41. The zero-order chi connectivity index (χ0) is 23.4. The van der Waals surface area contributed by atoms with E-state index in [0.717, 1.165) is 11.1 Å². The molecule has 0 saturated carbocycles. The summed E-state index contributed by atoms with van der Waals surface area (Å²) in [4.78, 5) is 12.3. The standard InChI is InChI=1S/C24H24N2O6S/c1-17-3-10-21(11-4-17)33(28,29)26(2)19-6-8-20(9-7-19)30-15-24(27)25-14-18-5-12-22-23(13-18)32-16-31-22/h3-13H,14-16H2,1-2H3,(H,25,27). The van der Waals surface area contributed by atoms with Crippen molar-refractivity contribution >= 4 is 21.6 Å². The van der Waals surface area contributed by atoms with E-state index in [1.54, 1.807) is 54.6 Å². The van der Waals surface area contributed by atoms with Gasteiger partial charge >= 0.3 is 0 Å². The molecule has 0 fully saturated rings. The minimum Gasteiger partial charge on any atom is -0.484 e. The number of rotatable bonds is 8. The van der Waals surface area contributed by atoms with E-state index in [2.05, 4.69) is 5.32 Å². The molecule has 8 nitrogen and oxygen atoms in total. The molecule has 0 saturated heterocycles. The number of hydrogen-bond donors (Lipinski definition) is 1. The number of aryl methyl sites for hydroxylation is 1. The van der Waals surface area contributed by atoms with Crippen LogP contribution >= 0.6 is 0 Å². The highest BCUT2D eigenvalue weighted by atomic mass is 32.2. The summed E-state index contributed by atoms with van der Waals surface area (Å²) < 4.78 is 43.0. The van der Waals surface area contributed by atoms with Crippen molar-refractivity contribution in [1.29, 1.82) is 0 Å². The molecular weight excluding hydrogens is 444 g/mol. The lowest BCUT2D eigenvalue weighted by atomic mass is 10.2. The van der Waals surface area contributed by atoms with E-state index in [0.29, 0.717) is 29.5 Å². The monoisotopic (exact) mass is 468 g/mol. The number of anilines is 1. The summed E-state index contributed by atoms with van der Waals surface area (Å²) in [6.07, 6.45) is 0. The Bertz CT molecular complexity index is 1240. The van der Waals surface area contributed by atoms with Gasteiger partial charge in [-0.1, -0.05) is 23.8 Å². The van der Waals surface area contributed by atoms with Crippen LogP contribution in [0.15, 0.2) is 71.6 Å². The van der Waals surface area contributed by atoms with Crippen LogP contribution in [0, 0.1) is 6.92 Å². The summed E-state index contributed by atoms with van der Waals surface area (Å²) in [5.41, 5.74) is 2.35. The van der Waals surface area contributed by atoms with E-state index < -0.39 is 10.0 Å². The van der Waals surface area contributed by atoms with Gasteiger partial charge in [-0.3, -0.25) is 9.10 Å². The van der Waals surface area contributed by atoms with Crippen LogP contribution in [0.1, 0.15) is 11.1 Å². The lowest BCUT2D eigenvalue weighted by Gasteiger charge is -2.20. The average Bonchev–Trinajstić information content (AvgIpc) is 3.29. The normalized spacial score (nSPS) is 12.3. The number of fused-ring (bicyclic) bond motifs is 1.